The number of aryl methyl sites for hydroxylation is 1. The largest absolute Gasteiger partial charge is 0.497 e. The van der Waals surface area contributed by atoms with E-state index in [0.29, 0.717) is 25.2 Å². The zero-order valence-corrected chi connectivity index (χ0v) is 22.3. The highest BCUT2D eigenvalue weighted by atomic mass is 19.4. The van der Waals surface area contributed by atoms with Gasteiger partial charge in [-0.3, -0.25) is 4.79 Å². The molecular formula is C29H40F3N3O2. The van der Waals surface area contributed by atoms with Crippen molar-refractivity contribution in [2.45, 2.75) is 58.7 Å². The van der Waals surface area contributed by atoms with Crippen LogP contribution in [-0.2, 0) is 17.5 Å². The van der Waals surface area contributed by atoms with Gasteiger partial charge in [-0.25, -0.2) is 0 Å². The van der Waals surface area contributed by atoms with E-state index in [1.54, 1.807) is 13.2 Å². The molecule has 3 rings (SSSR count). The van der Waals surface area contributed by atoms with E-state index in [1.807, 2.05) is 36.9 Å². The lowest BCUT2D eigenvalue weighted by molar-refractivity contribution is -0.137. The molecular weight excluding hydrogens is 479 g/mol. The van der Waals surface area contributed by atoms with Crippen molar-refractivity contribution in [3.8, 4) is 5.75 Å². The third kappa shape index (κ3) is 8.66. The topological polar surface area (TPSA) is 36.0 Å². The molecule has 0 bridgehead atoms. The van der Waals surface area contributed by atoms with Crippen molar-refractivity contribution < 1.29 is 22.7 Å². The van der Waals surface area contributed by atoms with Gasteiger partial charge in [-0.05, 0) is 87.7 Å². The molecule has 0 radical (unpaired) electrons. The van der Waals surface area contributed by atoms with Crippen LogP contribution in [0, 0.1) is 6.92 Å². The normalized spacial score (nSPS) is 14.9. The Balaban J connectivity index is 1.38. The minimum Gasteiger partial charge on any atom is -0.497 e. The molecule has 1 aliphatic rings. The highest BCUT2D eigenvalue weighted by Gasteiger charge is 2.31. The number of nitrogens with zero attached hydrogens (tertiary/aromatic N) is 3. The van der Waals surface area contributed by atoms with Crippen LogP contribution in [0.5, 0.6) is 5.75 Å². The van der Waals surface area contributed by atoms with Gasteiger partial charge in [-0.15, -0.1) is 0 Å². The molecule has 0 N–H and O–H groups in total. The molecule has 1 fully saturated rings. The van der Waals surface area contributed by atoms with Gasteiger partial charge < -0.3 is 19.4 Å². The summed E-state index contributed by atoms with van der Waals surface area (Å²) in [5, 5.41) is 0. The van der Waals surface area contributed by atoms with E-state index in [1.165, 1.54) is 12.1 Å². The van der Waals surface area contributed by atoms with Crippen LogP contribution in [0.3, 0.4) is 0 Å². The molecule has 37 heavy (non-hydrogen) atoms. The number of amides is 1. The summed E-state index contributed by atoms with van der Waals surface area (Å²) in [5.41, 5.74) is 2.30. The average Bonchev–Trinajstić information content (AvgIpc) is 3.13. The van der Waals surface area contributed by atoms with Crippen LogP contribution in [0.15, 0.2) is 42.5 Å². The van der Waals surface area contributed by atoms with E-state index in [4.69, 9.17) is 4.74 Å². The maximum Gasteiger partial charge on any atom is 0.416 e. The molecule has 2 aromatic carbocycles. The number of halogens is 3. The first kappa shape index (κ1) is 28.8. The minimum absolute atomic E-state index is 0.184. The van der Waals surface area contributed by atoms with Crippen LogP contribution in [0.4, 0.5) is 18.9 Å². The molecule has 0 spiro atoms. The smallest absolute Gasteiger partial charge is 0.416 e. The molecule has 1 saturated heterocycles. The third-order valence-electron chi connectivity index (χ3n) is 7.14. The molecule has 0 atom stereocenters. The van der Waals surface area contributed by atoms with Crippen LogP contribution >= 0.6 is 0 Å². The second kappa shape index (κ2) is 13.7. The van der Waals surface area contributed by atoms with Crippen molar-refractivity contribution in [1.29, 1.82) is 0 Å². The Hall–Kier alpha value is -2.74. The Morgan fingerprint density at radius 2 is 1.84 bits per heavy atom. The molecule has 2 aromatic rings. The number of alkyl halides is 3. The third-order valence-corrected chi connectivity index (χ3v) is 7.14. The van der Waals surface area contributed by atoms with Crippen LogP contribution in [0.25, 0.3) is 0 Å². The van der Waals surface area contributed by atoms with Gasteiger partial charge in [0.25, 0.3) is 0 Å². The number of anilines is 1. The fourth-order valence-corrected chi connectivity index (χ4v) is 4.83. The molecule has 1 heterocycles. The highest BCUT2D eigenvalue weighted by molar-refractivity contribution is 5.76. The van der Waals surface area contributed by atoms with Crippen molar-refractivity contribution >= 4 is 11.6 Å². The summed E-state index contributed by atoms with van der Waals surface area (Å²) in [7, 11) is 1.65. The lowest BCUT2D eigenvalue weighted by Crippen LogP contribution is -2.31. The number of hydrogen-bond donors (Lipinski definition) is 0. The van der Waals surface area contributed by atoms with Crippen LogP contribution < -0.4 is 9.64 Å². The van der Waals surface area contributed by atoms with Gasteiger partial charge in [0, 0.05) is 44.8 Å². The summed E-state index contributed by atoms with van der Waals surface area (Å²) in [6.07, 6.45) is 0.00970. The molecule has 1 amide bonds. The van der Waals surface area contributed by atoms with E-state index < -0.39 is 11.7 Å². The van der Waals surface area contributed by atoms with E-state index in [2.05, 4.69) is 9.80 Å². The molecule has 8 heteroatoms. The fraction of sp³-hybridized carbons (Fsp3) is 0.552. The molecule has 1 aliphatic heterocycles. The summed E-state index contributed by atoms with van der Waals surface area (Å²) in [6, 6.07) is 11.6. The molecule has 0 aliphatic carbocycles. The zero-order chi connectivity index (χ0) is 26.8. The molecule has 0 saturated carbocycles. The maximum atomic E-state index is 13.1. The van der Waals surface area contributed by atoms with Crippen molar-refractivity contribution in [1.82, 2.24) is 9.80 Å². The summed E-state index contributed by atoms with van der Waals surface area (Å²) < 4.78 is 44.5. The SMILES string of the molecule is CCN(Cc1ccc(OC)cc1C)C(=O)CCCCCN1CCCN(c2cccc(C(F)(F)F)c2)CC1. The molecule has 204 valence electrons. The van der Waals surface area contributed by atoms with Gasteiger partial charge in [-0.2, -0.15) is 13.2 Å². The van der Waals surface area contributed by atoms with Crippen molar-refractivity contribution in [3.63, 3.8) is 0 Å². The molecule has 0 aromatic heterocycles. The number of rotatable bonds is 11. The van der Waals surface area contributed by atoms with Gasteiger partial charge in [0.05, 0.1) is 12.7 Å². The highest BCUT2D eigenvalue weighted by Crippen LogP contribution is 2.32. The minimum atomic E-state index is -4.32. The summed E-state index contributed by atoms with van der Waals surface area (Å²) in [4.78, 5) is 19.1. The number of carbonyl (C=O) groups is 1. The van der Waals surface area contributed by atoms with Crippen molar-refractivity contribution in [2.75, 3.05) is 51.3 Å². The van der Waals surface area contributed by atoms with E-state index in [0.717, 1.165) is 81.3 Å². The maximum absolute atomic E-state index is 13.1. The van der Waals surface area contributed by atoms with E-state index in [-0.39, 0.29) is 5.91 Å². The first-order valence-electron chi connectivity index (χ1n) is 13.3. The number of benzene rings is 2. The average molecular weight is 520 g/mol. The Morgan fingerprint density at radius 3 is 2.54 bits per heavy atom. The fourth-order valence-electron chi connectivity index (χ4n) is 4.83. The summed E-state index contributed by atoms with van der Waals surface area (Å²) in [5.74, 6) is 1.01. The van der Waals surface area contributed by atoms with Crippen molar-refractivity contribution in [2.24, 2.45) is 0 Å². The number of methoxy groups -OCH3 is 1. The zero-order valence-electron chi connectivity index (χ0n) is 22.3. The van der Waals surface area contributed by atoms with E-state index >= 15 is 0 Å². The first-order chi connectivity index (χ1) is 17.7. The van der Waals surface area contributed by atoms with Gasteiger partial charge in [0.2, 0.25) is 5.91 Å². The number of hydrogen-bond acceptors (Lipinski definition) is 4. The number of unbranched alkanes of at least 4 members (excludes halogenated alkanes) is 2. The van der Waals surface area contributed by atoms with Gasteiger partial charge in [-0.1, -0.05) is 18.6 Å². The standard InChI is InChI=1S/C29H40F3N3O2/c1-4-34(22-24-13-14-27(37-3)20-23(24)2)28(36)12-6-5-7-15-33-16-9-17-35(19-18-33)26-11-8-10-25(21-26)29(30,31)32/h8,10-11,13-14,20-21H,4-7,9,12,15-19,22H2,1-3H3. The lowest BCUT2D eigenvalue weighted by Gasteiger charge is -2.24. The number of ether oxygens (including phenoxy) is 1. The van der Waals surface area contributed by atoms with E-state index in [9.17, 15) is 18.0 Å². The summed E-state index contributed by atoms with van der Waals surface area (Å²) >= 11 is 0. The van der Waals surface area contributed by atoms with Crippen LogP contribution in [0.1, 0.15) is 55.7 Å². The Kier molecular flexibility index (Phi) is 10.7. The monoisotopic (exact) mass is 519 g/mol. The quantitative estimate of drug-likeness (QED) is 0.334. The predicted octanol–water partition coefficient (Wildman–Crippen LogP) is 6.14. The second-order valence-corrected chi connectivity index (χ2v) is 9.74. The van der Waals surface area contributed by atoms with Crippen LogP contribution in [-0.4, -0.2) is 62.1 Å². The summed E-state index contributed by atoms with van der Waals surface area (Å²) in [6.45, 7) is 9.55. The van der Waals surface area contributed by atoms with Gasteiger partial charge in [0.15, 0.2) is 0 Å². The molecule has 5 nitrogen and oxygen atoms in total. The van der Waals surface area contributed by atoms with Gasteiger partial charge in [0.1, 0.15) is 5.75 Å². The predicted molar refractivity (Wildman–Crippen MR) is 142 cm³/mol. The van der Waals surface area contributed by atoms with Crippen LogP contribution in [0.2, 0.25) is 0 Å². The molecule has 0 unspecified atom stereocenters. The number of carbonyl (C=O) groups excluding carboxylic acids is 1. The first-order valence-corrected chi connectivity index (χ1v) is 13.3. The Morgan fingerprint density at radius 1 is 1.03 bits per heavy atom. The lowest BCUT2D eigenvalue weighted by atomic mass is 10.1. The Labute approximate surface area is 219 Å². The van der Waals surface area contributed by atoms with Crippen molar-refractivity contribution in [3.05, 3.63) is 59.2 Å². The van der Waals surface area contributed by atoms with Gasteiger partial charge >= 0.3 is 6.18 Å². The second-order valence-electron chi connectivity index (χ2n) is 9.74. The Bertz CT molecular complexity index is 1010.